The maximum Gasteiger partial charge on any atom is 0.157 e. The minimum absolute atomic E-state index is 0.0231. The molecule has 1 aliphatic rings. The van der Waals surface area contributed by atoms with Crippen LogP contribution in [0.2, 0.25) is 0 Å². The lowest BCUT2D eigenvalue weighted by Gasteiger charge is -2.34. The first-order chi connectivity index (χ1) is 9.20. The van der Waals surface area contributed by atoms with Crippen molar-refractivity contribution in [1.29, 1.82) is 0 Å². The first-order valence-electron chi connectivity index (χ1n) is 6.46. The van der Waals surface area contributed by atoms with Gasteiger partial charge in [0.25, 0.3) is 0 Å². The van der Waals surface area contributed by atoms with Gasteiger partial charge in [0, 0.05) is 25.6 Å². The standard InChI is InChI=1S/C15H19NO3/c1-2-13(17)11-15(16-7-9-19-10-8-16)12-3-5-14(18)6-4-12/h2-6,15,18H,1,7-11H2. The summed E-state index contributed by atoms with van der Waals surface area (Å²) in [5.41, 5.74) is 1.04. The summed E-state index contributed by atoms with van der Waals surface area (Å²) in [6, 6.07) is 7.06. The molecule has 1 atom stereocenters. The van der Waals surface area contributed by atoms with Crippen LogP contribution in [0.4, 0.5) is 0 Å². The number of hydrogen-bond donors (Lipinski definition) is 1. The summed E-state index contributed by atoms with van der Waals surface area (Å²) in [5, 5.41) is 9.36. The number of phenolic OH excluding ortho intramolecular Hbond substituents is 1. The van der Waals surface area contributed by atoms with Crippen LogP contribution in [0.1, 0.15) is 18.0 Å². The Morgan fingerprint density at radius 3 is 2.58 bits per heavy atom. The number of hydrogen-bond acceptors (Lipinski definition) is 4. The molecule has 4 nitrogen and oxygen atoms in total. The summed E-state index contributed by atoms with van der Waals surface area (Å²) in [6.45, 7) is 6.55. The zero-order valence-corrected chi connectivity index (χ0v) is 10.9. The predicted molar refractivity (Wildman–Crippen MR) is 73.1 cm³/mol. The predicted octanol–water partition coefficient (Wildman–Crippen LogP) is 1.91. The van der Waals surface area contributed by atoms with E-state index in [2.05, 4.69) is 11.5 Å². The third kappa shape index (κ3) is 3.66. The highest BCUT2D eigenvalue weighted by molar-refractivity contribution is 5.89. The van der Waals surface area contributed by atoms with Crippen molar-refractivity contribution >= 4 is 5.78 Å². The van der Waals surface area contributed by atoms with Gasteiger partial charge in [-0.25, -0.2) is 0 Å². The van der Waals surface area contributed by atoms with Gasteiger partial charge in [-0.15, -0.1) is 0 Å². The number of phenols is 1. The molecule has 102 valence electrons. The van der Waals surface area contributed by atoms with Gasteiger partial charge in [0.05, 0.1) is 13.2 Å². The van der Waals surface area contributed by atoms with Crippen molar-refractivity contribution in [3.05, 3.63) is 42.5 Å². The van der Waals surface area contributed by atoms with E-state index in [0.717, 1.165) is 18.7 Å². The number of nitrogens with zero attached hydrogens (tertiary/aromatic N) is 1. The average Bonchev–Trinajstić information content (AvgIpc) is 2.46. The summed E-state index contributed by atoms with van der Waals surface area (Å²) in [6.07, 6.45) is 1.78. The Kier molecular flexibility index (Phi) is 4.71. The Morgan fingerprint density at radius 2 is 2.00 bits per heavy atom. The number of ether oxygens (including phenoxy) is 1. The van der Waals surface area contributed by atoms with Crippen LogP contribution in [-0.4, -0.2) is 42.1 Å². The lowest BCUT2D eigenvalue weighted by molar-refractivity contribution is -0.116. The van der Waals surface area contributed by atoms with Crippen LogP contribution in [0.3, 0.4) is 0 Å². The second-order valence-electron chi connectivity index (χ2n) is 4.63. The zero-order valence-electron chi connectivity index (χ0n) is 10.9. The van der Waals surface area contributed by atoms with E-state index in [-0.39, 0.29) is 17.6 Å². The molecule has 1 N–H and O–H groups in total. The lowest BCUT2D eigenvalue weighted by atomic mass is 9.99. The van der Waals surface area contributed by atoms with E-state index in [0.29, 0.717) is 19.6 Å². The molecule has 1 heterocycles. The van der Waals surface area contributed by atoms with Gasteiger partial charge in [0.1, 0.15) is 5.75 Å². The third-order valence-electron chi connectivity index (χ3n) is 3.39. The van der Waals surface area contributed by atoms with Crippen molar-refractivity contribution in [3.8, 4) is 5.75 Å². The molecule has 0 bridgehead atoms. The van der Waals surface area contributed by atoms with E-state index < -0.39 is 0 Å². The number of rotatable bonds is 5. The van der Waals surface area contributed by atoms with E-state index in [1.54, 1.807) is 12.1 Å². The number of benzene rings is 1. The van der Waals surface area contributed by atoms with Gasteiger partial charge >= 0.3 is 0 Å². The molecule has 1 fully saturated rings. The molecule has 1 saturated heterocycles. The largest absolute Gasteiger partial charge is 0.508 e. The van der Waals surface area contributed by atoms with Crippen LogP contribution in [0.25, 0.3) is 0 Å². The molecule has 2 rings (SSSR count). The van der Waals surface area contributed by atoms with Gasteiger partial charge in [-0.2, -0.15) is 0 Å². The summed E-state index contributed by atoms with van der Waals surface area (Å²) in [7, 11) is 0. The molecule has 0 spiro atoms. The fourth-order valence-electron chi connectivity index (χ4n) is 2.32. The SMILES string of the molecule is C=CC(=O)CC(c1ccc(O)cc1)N1CCOCC1. The first kappa shape index (κ1) is 13.8. The second kappa shape index (κ2) is 6.50. The highest BCUT2D eigenvalue weighted by Crippen LogP contribution is 2.27. The molecule has 0 aliphatic carbocycles. The molecule has 0 saturated carbocycles. The molecular formula is C15H19NO3. The summed E-state index contributed by atoms with van der Waals surface area (Å²) < 4.78 is 5.35. The van der Waals surface area contributed by atoms with Crippen LogP contribution < -0.4 is 0 Å². The number of aromatic hydroxyl groups is 1. The van der Waals surface area contributed by atoms with Gasteiger partial charge in [-0.3, -0.25) is 9.69 Å². The van der Waals surface area contributed by atoms with E-state index >= 15 is 0 Å². The minimum atomic E-state index is 0.0231. The monoisotopic (exact) mass is 261 g/mol. The lowest BCUT2D eigenvalue weighted by Crippen LogP contribution is -2.39. The normalized spacial score (nSPS) is 17.9. The smallest absolute Gasteiger partial charge is 0.157 e. The molecule has 0 radical (unpaired) electrons. The Hall–Kier alpha value is -1.65. The van der Waals surface area contributed by atoms with Gasteiger partial charge in [0.2, 0.25) is 0 Å². The van der Waals surface area contributed by atoms with E-state index in [9.17, 15) is 9.90 Å². The van der Waals surface area contributed by atoms with Crippen molar-refractivity contribution in [3.63, 3.8) is 0 Å². The number of carbonyl (C=O) groups excluding carboxylic acids is 1. The molecule has 1 unspecified atom stereocenters. The molecule has 19 heavy (non-hydrogen) atoms. The maximum atomic E-state index is 11.7. The number of ketones is 1. The number of carbonyl (C=O) groups is 1. The van der Waals surface area contributed by atoms with Crippen LogP contribution in [0.5, 0.6) is 5.75 Å². The molecule has 1 aliphatic heterocycles. The Balaban J connectivity index is 2.19. The second-order valence-corrected chi connectivity index (χ2v) is 4.63. The van der Waals surface area contributed by atoms with E-state index in [1.165, 1.54) is 6.08 Å². The van der Waals surface area contributed by atoms with Crippen molar-refractivity contribution in [2.75, 3.05) is 26.3 Å². The molecule has 1 aromatic rings. The summed E-state index contributed by atoms with van der Waals surface area (Å²) >= 11 is 0. The summed E-state index contributed by atoms with van der Waals surface area (Å²) in [4.78, 5) is 13.9. The van der Waals surface area contributed by atoms with Crippen LogP contribution in [0, 0.1) is 0 Å². The average molecular weight is 261 g/mol. The topological polar surface area (TPSA) is 49.8 Å². The fourth-order valence-corrected chi connectivity index (χ4v) is 2.32. The van der Waals surface area contributed by atoms with Crippen LogP contribution in [-0.2, 0) is 9.53 Å². The Bertz CT molecular complexity index is 435. The van der Waals surface area contributed by atoms with Gasteiger partial charge in [0.15, 0.2) is 5.78 Å². The molecule has 1 aromatic carbocycles. The van der Waals surface area contributed by atoms with Crippen LogP contribution in [0.15, 0.2) is 36.9 Å². The fraction of sp³-hybridized carbons (Fsp3) is 0.400. The number of morpholine rings is 1. The third-order valence-corrected chi connectivity index (χ3v) is 3.39. The molecule has 4 heteroatoms. The molecule has 0 amide bonds. The summed E-state index contributed by atoms with van der Waals surface area (Å²) in [5.74, 6) is 0.268. The zero-order chi connectivity index (χ0) is 13.7. The van der Waals surface area contributed by atoms with Crippen molar-refractivity contribution in [1.82, 2.24) is 4.90 Å². The van der Waals surface area contributed by atoms with Crippen LogP contribution >= 0.6 is 0 Å². The van der Waals surface area contributed by atoms with Gasteiger partial charge < -0.3 is 9.84 Å². The maximum absolute atomic E-state index is 11.7. The van der Waals surface area contributed by atoms with Gasteiger partial charge in [-0.1, -0.05) is 18.7 Å². The minimum Gasteiger partial charge on any atom is -0.508 e. The van der Waals surface area contributed by atoms with Crippen molar-refractivity contribution < 1.29 is 14.6 Å². The quantitative estimate of drug-likeness (QED) is 0.823. The highest BCUT2D eigenvalue weighted by atomic mass is 16.5. The molecule has 0 aromatic heterocycles. The van der Waals surface area contributed by atoms with Crippen molar-refractivity contribution in [2.24, 2.45) is 0 Å². The van der Waals surface area contributed by atoms with E-state index in [1.807, 2.05) is 12.1 Å². The van der Waals surface area contributed by atoms with E-state index in [4.69, 9.17) is 4.74 Å². The Morgan fingerprint density at radius 1 is 1.37 bits per heavy atom. The number of allylic oxidation sites excluding steroid dienone is 1. The first-order valence-corrected chi connectivity index (χ1v) is 6.46. The molecular weight excluding hydrogens is 242 g/mol. The highest BCUT2D eigenvalue weighted by Gasteiger charge is 2.24. The van der Waals surface area contributed by atoms with Gasteiger partial charge in [-0.05, 0) is 23.8 Å². The Labute approximate surface area is 113 Å². The van der Waals surface area contributed by atoms with Crippen molar-refractivity contribution in [2.45, 2.75) is 12.5 Å².